The number of hydrogen-bond donors (Lipinski definition) is 1. The number of likely N-dealkylation sites (N-methyl/N-ethyl adjacent to an activating group) is 2. The van der Waals surface area contributed by atoms with E-state index in [0.29, 0.717) is 30.5 Å². The molecule has 0 bridgehead atoms. The van der Waals surface area contributed by atoms with Gasteiger partial charge in [0.2, 0.25) is 11.9 Å². The van der Waals surface area contributed by atoms with Crippen LogP contribution >= 0.6 is 0 Å². The van der Waals surface area contributed by atoms with E-state index >= 15 is 0 Å². The van der Waals surface area contributed by atoms with Crippen LogP contribution in [0.25, 0.3) is 0 Å². The zero-order valence-corrected chi connectivity index (χ0v) is 16.5. The summed E-state index contributed by atoms with van der Waals surface area (Å²) in [5, 5.41) is 7.55. The number of amides is 1. The summed E-state index contributed by atoms with van der Waals surface area (Å²) in [5.74, 6) is 0.957. The van der Waals surface area contributed by atoms with Crippen LogP contribution in [0.15, 0.2) is 42.9 Å². The highest BCUT2D eigenvalue weighted by Gasteiger charge is 2.32. The number of benzene rings is 1. The van der Waals surface area contributed by atoms with Gasteiger partial charge in [-0.25, -0.2) is 9.37 Å². The summed E-state index contributed by atoms with van der Waals surface area (Å²) in [6, 6.07) is 6.10. The zero-order valence-electron chi connectivity index (χ0n) is 16.5. The molecule has 4 rings (SSSR count). The van der Waals surface area contributed by atoms with Crippen LogP contribution in [0, 0.1) is 5.82 Å². The maximum absolute atomic E-state index is 13.0. The average Bonchev–Trinajstić information content (AvgIpc) is 3.18. The maximum atomic E-state index is 13.0. The third-order valence-electron chi connectivity index (χ3n) is 5.11. The van der Waals surface area contributed by atoms with E-state index in [1.54, 1.807) is 41.2 Å². The first-order chi connectivity index (χ1) is 13.9. The molecule has 1 atom stereocenters. The van der Waals surface area contributed by atoms with Crippen molar-refractivity contribution in [3.8, 4) is 0 Å². The molecular weight excluding hydrogens is 373 g/mol. The van der Waals surface area contributed by atoms with Gasteiger partial charge in [0, 0.05) is 32.4 Å². The fourth-order valence-electron chi connectivity index (χ4n) is 3.24. The Bertz CT molecular complexity index is 1030. The van der Waals surface area contributed by atoms with Crippen LogP contribution < -0.4 is 15.1 Å². The SMILES string of the molecule is C[C@H]1C(=O)N(C)c2cnc(NCc3cnn(Cc4ccc(F)cc4)c3)nc2N1C. The van der Waals surface area contributed by atoms with Gasteiger partial charge in [0.15, 0.2) is 5.82 Å². The van der Waals surface area contributed by atoms with Crippen LogP contribution in [0.4, 0.5) is 21.8 Å². The molecule has 1 amide bonds. The van der Waals surface area contributed by atoms with E-state index in [-0.39, 0.29) is 17.8 Å². The summed E-state index contributed by atoms with van der Waals surface area (Å²) in [6.07, 6.45) is 5.36. The largest absolute Gasteiger partial charge is 0.350 e. The number of hydrogen-bond acceptors (Lipinski definition) is 6. The quantitative estimate of drug-likeness (QED) is 0.714. The van der Waals surface area contributed by atoms with E-state index in [1.807, 2.05) is 25.1 Å². The predicted molar refractivity (Wildman–Crippen MR) is 108 cm³/mol. The van der Waals surface area contributed by atoms with E-state index < -0.39 is 0 Å². The van der Waals surface area contributed by atoms with Gasteiger partial charge in [-0.1, -0.05) is 12.1 Å². The number of aromatic nitrogens is 4. The second-order valence-electron chi connectivity index (χ2n) is 7.11. The highest BCUT2D eigenvalue weighted by molar-refractivity contribution is 6.03. The molecule has 0 aliphatic carbocycles. The highest BCUT2D eigenvalue weighted by atomic mass is 19.1. The monoisotopic (exact) mass is 395 g/mol. The second kappa shape index (κ2) is 7.50. The number of rotatable bonds is 5. The van der Waals surface area contributed by atoms with Gasteiger partial charge in [-0.3, -0.25) is 9.48 Å². The van der Waals surface area contributed by atoms with Gasteiger partial charge in [0.1, 0.15) is 17.5 Å². The molecule has 0 saturated carbocycles. The minimum atomic E-state index is -0.278. The lowest BCUT2D eigenvalue weighted by Gasteiger charge is -2.36. The number of nitrogens with zero attached hydrogens (tertiary/aromatic N) is 6. The van der Waals surface area contributed by atoms with Crippen LogP contribution in [-0.2, 0) is 17.9 Å². The molecule has 0 fully saturated rings. The molecule has 0 spiro atoms. The molecule has 29 heavy (non-hydrogen) atoms. The molecule has 1 aliphatic rings. The predicted octanol–water partition coefficient (Wildman–Crippen LogP) is 2.27. The maximum Gasteiger partial charge on any atom is 0.249 e. The number of halogens is 1. The fraction of sp³-hybridized carbons (Fsp3) is 0.300. The van der Waals surface area contributed by atoms with Gasteiger partial charge >= 0.3 is 0 Å². The summed E-state index contributed by atoms with van der Waals surface area (Å²) in [4.78, 5) is 24.6. The van der Waals surface area contributed by atoms with E-state index in [9.17, 15) is 9.18 Å². The van der Waals surface area contributed by atoms with E-state index in [1.165, 1.54) is 12.1 Å². The number of nitrogens with one attached hydrogen (secondary N) is 1. The normalized spacial score (nSPS) is 16.1. The standard InChI is InChI=1S/C20H22FN7O/c1-13-19(29)27(3)17-10-23-20(25-18(17)26(13)2)22-8-15-9-24-28(12-15)11-14-4-6-16(21)7-5-14/h4-7,9-10,12-13H,8,11H2,1-3H3,(H,22,23,25)/t13-/m0/s1. The summed E-state index contributed by atoms with van der Waals surface area (Å²) in [6.45, 7) is 2.93. The third kappa shape index (κ3) is 3.75. The van der Waals surface area contributed by atoms with Crippen LogP contribution in [0.3, 0.4) is 0 Å². The van der Waals surface area contributed by atoms with Gasteiger partial charge < -0.3 is 15.1 Å². The van der Waals surface area contributed by atoms with Crippen LogP contribution in [0.1, 0.15) is 18.1 Å². The minimum Gasteiger partial charge on any atom is -0.350 e. The second-order valence-corrected chi connectivity index (χ2v) is 7.11. The Kier molecular flexibility index (Phi) is 4.87. The van der Waals surface area contributed by atoms with E-state index in [0.717, 1.165) is 11.1 Å². The molecule has 0 unspecified atom stereocenters. The van der Waals surface area contributed by atoms with Crippen LogP contribution in [0.5, 0.6) is 0 Å². The van der Waals surface area contributed by atoms with E-state index in [2.05, 4.69) is 20.4 Å². The van der Waals surface area contributed by atoms with Crippen molar-refractivity contribution in [3.63, 3.8) is 0 Å². The zero-order chi connectivity index (χ0) is 20.5. The van der Waals surface area contributed by atoms with Gasteiger partial charge in [0.25, 0.3) is 0 Å². The van der Waals surface area contributed by atoms with Gasteiger partial charge in [-0.05, 0) is 24.6 Å². The Balaban J connectivity index is 1.43. The Morgan fingerprint density at radius 2 is 1.90 bits per heavy atom. The van der Waals surface area contributed by atoms with Crippen molar-refractivity contribution in [3.05, 3.63) is 59.8 Å². The lowest BCUT2D eigenvalue weighted by Crippen LogP contribution is -2.49. The van der Waals surface area contributed by atoms with Crippen LogP contribution in [-0.4, -0.2) is 45.8 Å². The first-order valence-corrected chi connectivity index (χ1v) is 9.29. The lowest BCUT2D eigenvalue weighted by molar-refractivity contribution is -0.119. The molecule has 1 aromatic carbocycles. The third-order valence-corrected chi connectivity index (χ3v) is 5.11. The van der Waals surface area contributed by atoms with Crippen molar-refractivity contribution in [2.24, 2.45) is 0 Å². The molecule has 2 aromatic heterocycles. The molecule has 3 heterocycles. The molecule has 0 saturated heterocycles. The molecule has 3 aromatic rings. The first-order valence-electron chi connectivity index (χ1n) is 9.29. The van der Waals surface area contributed by atoms with Gasteiger partial charge in [-0.15, -0.1) is 0 Å². The number of carbonyl (C=O) groups is 1. The van der Waals surface area contributed by atoms with Gasteiger partial charge in [0.05, 0.1) is 18.9 Å². The Hall–Kier alpha value is -3.49. The molecule has 9 heteroatoms. The number of fused-ring (bicyclic) bond motifs is 1. The molecule has 1 N–H and O–H groups in total. The summed E-state index contributed by atoms with van der Waals surface area (Å²) in [7, 11) is 3.58. The van der Waals surface area contributed by atoms with Crippen LogP contribution in [0.2, 0.25) is 0 Å². The van der Waals surface area contributed by atoms with E-state index in [4.69, 9.17) is 0 Å². The van der Waals surface area contributed by atoms with Crippen molar-refractivity contribution < 1.29 is 9.18 Å². The Labute approximate surface area is 168 Å². The molecule has 0 radical (unpaired) electrons. The first kappa shape index (κ1) is 18.9. The molecule has 150 valence electrons. The van der Waals surface area contributed by atoms with Crippen molar-refractivity contribution in [1.82, 2.24) is 19.7 Å². The van der Waals surface area contributed by atoms with Crippen molar-refractivity contribution >= 4 is 23.4 Å². The van der Waals surface area contributed by atoms with Crippen molar-refractivity contribution in [2.75, 3.05) is 29.2 Å². The fourth-order valence-corrected chi connectivity index (χ4v) is 3.24. The Morgan fingerprint density at radius 3 is 2.66 bits per heavy atom. The van der Waals surface area contributed by atoms with Crippen molar-refractivity contribution in [2.45, 2.75) is 26.1 Å². The highest BCUT2D eigenvalue weighted by Crippen LogP contribution is 2.32. The summed E-state index contributed by atoms with van der Waals surface area (Å²) in [5.41, 5.74) is 2.64. The number of carbonyl (C=O) groups excluding carboxylic acids is 1. The molecular formula is C20H22FN7O. The topological polar surface area (TPSA) is 79.2 Å². The molecule has 1 aliphatic heterocycles. The number of anilines is 3. The lowest BCUT2D eigenvalue weighted by atomic mass is 10.2. The smallest absolute Gasteiger partial charge is 0.249 e. The van der Waals surface area contributed by atoms with Crippen molar-refractivity contribution in [1.29, 1.82) is 0 Å². The minimum absolute atomic E-state index is 0.0119. The average molecular weight is 395 g/mol. The summed E-state index contributed by atoms with van der Waals surface area (Å²) >= 11 is 0. The summed E-state index contributed by atoms with van der Waals surface area (Å²) < 4.78 is 14.8. The Morgan fingerprint density at radius 1 is 1.14 bits per heavy atom. The van der Waals surface area contributed by atoms with Gasteiger partial charge in [-0.2, -0.15) is 10.1 Å². The molecule has 8 nitrogen and oxygen atoms in total.